The van der Waals surface area contributed by atoms with E-state index in [0.717, 1.165) is 25.2 Å². The van der Waals surface area contributed by atoms with Crippen LogP contribution in [-0.2, 0) is 23.0 Å². The van der Waals surface area contributed by atoms with Gasteiger partial charge in [-0.3, -0.25) is 0 Å². The number of aryl methyl sites for hydroxylation is 1. The highest BCUT2D eigenvalue weighted by Gasteiger charge is 2.24. The summed E-state index contributed by atoms with van der Waals surface area (Å²) in [5, 5.41) is 0.268. The van der Waals surface area contributed by atoms with Crippen LogP contribution in [0.15, 0.2) is 29.4 Å². The number of hydrogen-bond acceptors (Lipinski definition) is 4. The average Bonchev–Trinajstić information content (AvgIpc) is 3.02. The van der Waals surface area contributed by atoms with Gasteiger partial charge >= 0.3 is 0 Å². The molecule has 2 aromatic rings. The van der Waals surface area contributed by atoms with E-state index in [1.807, 2.05) is 6.20 Å². The third-order valence-corrected chi connectivity index (χ3v) is 6.29. The van der Waals surface area contributed by atoms with Crippen LogP contribution in [0, 0.1) is 5.92 Å². The number of hydrogen-bond donors (Lipinski definition) is 1. The molecule has 1 aliphatic rings. The van der Waals surface area contributed by atoms with Gasteiger partial charge < -0.3 is 9.30 Å². The molecule has 0 spiro atoms. The van der Waals surface area contributed by atoms with Gasteiger partial charge in [-0.1, -0.05) is 23.2 Å². The second-order valence-corrected chi connectivity index (χ2v) is 8.21. The van der Waals surface area contributed by atoms with Crippen LogP contribution in [0.25, 0.3) is 0 Å². The molecule has 0 radical (unpaired) electrons. The maximum Gasteiger partial charge on any atom is 0.242 e. The monoisotopic (exact) mass is 389 g/mol. The quantitative estimate of drug-likeness (QED) is 0.852. The Morgan fingerprint density at radius 1 is 1.38 bits per heavy atom. The lowest BCUT2D eigenvalue weighted by atomic mass is 9.98. The zero-order valence-corrected chi connectivity index (χ0v) is 15.3. The molecule has 1 atom stereocenters. The summed E-state index contributed by atoms with van der Waals surface area (Å²) >= 11 is 12.1. The normalized spacial score (nSPS) is 17.5. The van der Waals surface area contributed by atoms with E-state index in [4.69, 9.17) is 27.9 Å². The van der Waals surface area contributed by atoms with E-state index < -0.39 is 10.0 Å². The zero-order chi connectivity index (χ0) is 17.3. The molecular formula is C15H17Cl2N3O3S. The van der Waals surface area contributed by atoms with Gasteiger partial charge in [0.1, 0.15) is 16.5 Å². The average molecular weight is 390 g/mol. The van der Waals surface area contributed by atoms with Crippen LogP contribution >= 0.6 is 23.2 Å². The largest absolute Gasteiger partial charge is 0.495 e. The Bertz CT molecular complexity index is 852. The highest BCUT2D eigenvalue weighted by molar-refractivity contribution is 7.89. The zero-order valence-electron chi connectivity index (χ0n) is 13.0. The van der Waals surface area contributed by atoms with Gasteiger partial charge in [0.2, 0.25) is 10.0 Å². The van der Waals surface area contributed by atoms with E-state index in [2.05, 4.69) is 14.3 Å². The van der Waals surface area contributed by atoms with Gasteiger partial charge in [0, 0.05) is 38.0 Å². The second kappa shape index (κ2) is 6.92. The Hall–Kier alpha value is -1.28. The Labute approximate surface area is 150 Å². The topological polar surface area (TPSA) is 73.2 Å². The van der Waals surface area contributed by atoms with Crippen LogP contribution in [0.1, 0.15) is 12.2 Å². The molecule has 0 saturated heterocycles. The molecule has 1 N–H and O–H groups in total. The van der Waals surface area contributed by atoms with Crippen LogP contribution in [0.3, 0.4) is 0 Å². The molecule has 0 saturated carbocycles. The minimum atomic E-state index is -3.75. The summed E-state index contributed by atoms with van der Waals surface area (Å²) in [5.41, 5.74) is 0. The van der Waals surface area contributed by atoms with Crippen molar-refractivity contribution >= 4 is 33.2 Å². The third kappa shape index (κ3) is 3.54. The number of rotatable bonds is 5. The van der Waals surface area contributed by atoms with E-state index in [1.54, 1.807) is 6.20 Å². The van der Waals surface area contributed by atoms with Gasteiger partial charge in [-0.05, 0) is 18.4 Å². The molecular weight excluding hydrogens is 373 g/mol. The van der Waals surface area contributed by atoms with Crippen molar-refractivity contribution in [3.63, 3.8) is 0 Å². The van der Waals surface area contributed by atoms with Gasteiger partial charge in [0.05, 0.1) is 17.2 Å². The van der Waals surface area contributed by atoms with Crippen molar-refractivity contribution in [2.45, 2.75) is 24.3 Å². The summed E-state index contributed by atoms with van der Waals surface area (Å²) in [6.45, 7) is 1.17. The highest BCUT2D eigenvalue weighted by Crippen LogP contribution is 2.33. The first-order chi connectivity index (χ1) is 11.4. The summed E-state index contributed by atoms with van der Waals surface area (Å²) in [6, 6.07) is 2.70. The molecule has 9 heteroatoms. The van der Waals surface area contributed by atoms with E-state index in [0.29, 0.717) is 12.3 Å². The predicted octanol–water partition coefficient (Wildman–Crippen LogP) is 2.74. The molecule has 2 heterocycles. The Kier molecular flexibility index (Phi) is 5.05. The smallest absolute Gasteiger partial charge is 0.242 e. The van der Waals surface area contributed by atoms with E-state index in [9.17, 15) is 8.42 Å². The Morgan fingerprint density at radius 2 is 2.17 bits per heavy atom. The van der Waals surface area contributed by atoms with Gasteiger partial charge in [0.25, 0.3) is 0 Å². The molecule has 0 aliphatic carbocycles. The van der Waals surface area contributed by atoms with E-state index >= 15 is 0 Å². The molecule has 1 aliphatic heterocycles. The third-order valence-electron chi connectivity index (χ3n) is 4.11. The molecule has 0 fully saturated rings. The molecule has 24 heavy (non-hydrogen) atoms. The van der Waals surface area contributed by atoms with Crippen molar-refractivity contribution < 1.29 is 13.2 Å². The van der Waals surface area contributed by atoms with E-state index in [1.165, 1.54) is 19.2 Å². The van der Waals surface area contributed by atoms with Gasteiger partial charge in [0.15, 0.2) is 0 Å². The van der Waals surface area contributed by atoms with Crippen LogP contribution in [0.5, 0.6) is 5.75 Å². The fourth-order valence-corrected chi connectivity index (χ4v) is 4.73. The summed E-state index contributed by atoms with van der Waals surface area (Å²) < 4.78 is 34.8. The first-order valence-corrected chi connectivity index (χ1v) is 9.67. The molecule has 3 rings (SSSR count). The molecule has 6 nitrogen and oxygen atoms in total. The number of methoxy groups -OCH3 is 1. The van der Waals surface area contributed by atoms with Crippen LogP contribution < -0.4 is 9.46 Å². The number of halogens is 2. The molecule has 0 amide bonds. The fraction of sp³-hybridized carbons (Fsp3) is 0.400. The van der Waals surface area contributed by atoms with Crippen molar-refractivity contribution in [1.29, 1.82) is 0 Å². The summed E-state index contributed by atoms with van der Waals surface area (Å²) in [5.74, 6) is 1.51. The number of nitrogens with one attached hydrogen (secondary N) is 1. The van der Waals surface area contributed by atoms with Crippen LogP contribution in [0.2, 0.25) is 10.0 Å². The molecule has 1 unspecified atom stereocenters. The molecule has 130 valence electrons. The number of nitrogens with zero attached hydrogens (tertiary/aromatic N) is 2. The first kappa shape index (κ1) is 17.5. The molecule has 1 aromatic carbocycles. The number of imidazole rings is 1. The second-order valence-electron chi connectivity index (χ2n) is 5.66. The Balaban J connectivity index is 1.72. The van der Waals surface area contributed by atoms with Crippen molar-refractivity contribution in [2.24, 2.45) is 5.92 Å². The van der Waals surface area contributed by atoms with Crippen molar-refractivity contribution in [3.8, 4) is 5.75 Å². The van der Waals surface area contributed by atoms with Crippen LogP contribution in [0.4, 0.5) is 0 Å². The minimum absolute atomic E-state index is 0.0488. The number of sulfonamides is 1. The Morgan fingerprint density at radius 3 is 2.92 bits per heavy atom. The first-order valence-electron chi connectivity index (χ1n) is 7.43. The van der Waals surface area contributed by atoms with Gasteiger partial charge in [-0.2, -0.15) is 0 Å². The van der Waals surface area contributed by atoms with Gasteiger partial charge in [-0.15, -0.1) is 0 Å². The lowest BCUT2D eigenvalue weighted by Gasteiger charge is -2.23. The SMILES string of the molecule is COc1cc(Cl)c(S(=O)(=O)NCC2CCn3ccnc3C2)cc1Cl. The minimum Gasteiger partial charge on any atom is -0.495 e. The standard InChI is InChI=1S/C15H17Cl2N3O3S/c1-23-13-7-12(17)14(8-11(13)16)24(21,22)19-9-10-2-4-20-5-3-18-15(20)6-10/h3,5,7-8,10,19H,2,4,6,9H2,1H3. The highest BCUT2D eigenvalue weighted by atomic mass is 35.5. The summed E-state index contributed by atoms with van der Waals surface area (Å²) in [7, 11) is -2.31. The van der Waals surface area contributed by atoms with Gasteiger partial charge in [-0.25, -0.2) is 18.1 Å². The van der Waals surface area contributed by atoms with Crippen molar-refractivity contribution in [1.82, 2.24) is 14.3 Å². The van der Waals surface area contributed by atoms with E-state index in [-0.39, 0.29) is 20.9 Å². The number of aromatic nitrogens is 2. The molecule has 1 aromatic heterocycles. The van der Waals surface area contributed by atoms with Crippen LogP contribution in [-0.4, -0.2) is 31.6 Å². The number of ether oxygens (including phenoxy) is 1. The summed E-state index contributed by atoms with van der Waals surface area (Å²) in [4.78, 5) is 4.24. The maximum atomic E-state index is 12.5. The number of benzene rings is 1. The molecule has 0 bridgehead atoms. The predicted molar refractivity (Wildman–Crippen MR) is 92.2 cm³/mol. The lowest BCUT2D eigenvalue weighted by Crippen LogP contribution is -2.33. The summed E-state index contributed by atoms with van der Waals surface area (Å²) in [6.07, 6.45) is 5.34. The van der Waals surface area contributed by atoms with Crippen molar-refractivity contribution in [2.75, 3.05) is 13.7 Å². The maximum absolute atomic E-state index is 12.5. The number of fused-ring (bicyclic) bond motifs is 1. The lowest BCUT2D eigenvalue weighted by molar-refractivity contribution is 0.379. The van der Waals surface area contributed by atoms with Crippen molar-refractivity contribution in [3.05, 3.63) is 40.4 Å². The fourth-order valence-electron chi connectivity index (χ4n) is 2.77.